The van der Waals surface area contributed by atoms with E-state index in [-0.39, 0.29) is 0 Å². The third kappa shape index (κ3) is 0.149. The standard InChI is InChI=1S/C9H12/c1-8-4-3-5-7(8)9(5,2)6(4)8/h4-7H,3H2,1-2H3. The van der Waals surface area contributed by atoms with E-state index < -0.39 is 0 Å². The van der Waals surface area contributed by atoms with E-state index >= 15 is 0 Å². The molecule has 9 heavy (non-hydrogen) atoms. The van der Waals surface area contributed by atoms with Crippen LogP contribution in [0.15, 0.2) is 0 Å². The topological polar surface area (TPSA) is 0 Å². The van der Waals surface area contributed by atoms with E-state index in [9.17, 15) is 0 Å². The lowest BCUT2D eigenvalue weighted by atomic mass is 9.77. The van der Waals surface area contributed by atoms with Crippen LogP contribution >= 0.6 is 0 Å². The molecule has 0 N–H and O–H groups in total. The predicted molar refractivity (Wildman–Crippen MR) is 34.8 cm³/mol. The van der Waals surface area contributed by atoms with Crippen molar-refractivity contribution in [1.29, 1.82) is 0 Å². The van der Waals surface area contributed by atoms with Gasteiger partial charge in [-0.05, 0) is 40.9 Å². The summed E-state index contributed by atoms with van der Waals surface area (Å²) < 4.78 is 0. The molecule has 0 aromatic rings. The van der Waals surface area contributed by atoms with Crippen molar-refractivity contribution in [2.75, 3.05) is 0 Å². The van der Waals surface area contributed by atoms with Crippen LogP contribution in [0.5, 0.6) is 0 Å². The van der Waals surface area contributed by atoms with Gasteiger partial charge in [0.25, 0.3) is 0 Å². The van der Waals surface area contributed by atoms with E-state index in [1.54, 1.807) is 6.42 Å². The second-order valence-corrected chi connectivity index (χ2v) is 5.14. The average molecular weight is 120 g/mol. The van der Waals surface area contributed by atoms with Crippen LogP contribution in [-0.2, 0) is 0 Å². The van der Waals surface area contributed by atoms with Gasteiger partial charge in [-0.15, -0.1) is 0 Å². The van der Waals surface area contributed by atoms with E-state index in [1.807, 2.05) is 0 Å². The Hall–Kier alpha value is 0. The van der Waals surface area contributed by atoms with Crippen molar-refractivity contribution >= 4 is 0 Å². The SMILES string of the molecule is CC12C3CC4C1C4(C)C32. The molecule has 0 aliphatic heterocycles. The Kier molecular flexibility index (Phi) is 0.279. The Morgan fingerprint density at radius 1 is 1.00 bits per heavy atom. The summed E-state index contributed by atoms with van der Waals surface area (Å²) >= 11 is 0. The van der Waals surface area contributed by atoms with Crippen molar-refractivity contribution in [2.45, 2.75) is 20.3 Å². The fourth-order valence-corrected chi connectivity index (χ4v) is 5.26. The van der Waals surface area contributed by atoms with Crippen molar-refractivity contribution in [3.8, 4) is 0 Å². The molecule has 0 aromatic heterocycles. The highest BCUT2D eigenvalue weighted by Crippen LogP contribution is 3.04. The van der Waals surface area contributed by atoms with Crippen LogP contribution in [0.4, 0.5) is 0 Å². The molecule has 2 atom stereocenters. The summed E-state index contributed by atoms with van der Waals surface area (Å²) in [6, 6.07) is 0. The Morgan fingerprint density at radius 2 is 1.44 bits per heavy atom. The quantitative estimate of drug-likeness (QED) is 0.458. The predicted octanol–water partition coefficient (Wildman–Crippen LogP) is 1.91. The van der Waals surface area contributed by atoms with Crippen molar-refractivity contribution in [3.63, 3.8) is 0 Å². The van der Waals surface area contributed by atoms with E-state index in [0.717, 1.165) is 10.8 Å². The minimum atomic E-state index is 0.916. The molecular weight excluding hydrogens is 108 g/mol. The van der Waals surface area contributed by atoms with Crippen LogP contribution in [0.3, 0.4) is 0 Å². The molecule has 0 saturated heterocycles. The highest BCUT2D eigenvalue weighted by atomic mass is 15.0. The smallest absolute Gasteiger partial charge is 0.0221 e. The Labute approximate surface area is 55.6 Å². The molecule has 5 fully saturated rings. The highest BCUT2D eigenvalue weighted by Gasteiger charge is 3.00. The second kappa shape index (κ2) is 0.627. The molecule has 0 heterocycles. The normalized spacial score (nSPS) is 94.0. The van der Waals surface area contributed by atoms with Crippen molar-refractivity contribution < 1.29 is 0 Å². The number of hydrogen-bond donors (Lipinski definition) is 0. The summed E-state index contributed by atoms with van der Waals surface area (Å²) in [6.45, 7) is 5.06. The van der Waals surface area contributed by atoms with Crippen LogP contribution in [0.25, 0.3) is 0 Å². The first-order chi connectivity index (χ1) is 4.22. The summed E-state index contributed by atoms with van der Waals surface area (Å²) in [6.07, 6.45) is 1.61. The summed E-state index contributed by atoms with van der Waals surface area (Å²) in [5, 5.41) is 0. The van der Waals surface area contributed by atoms with Crippen LogP contribution in [0, 0.1) is 34.5 Å². The maximum Gasteiger partial charge on any atom is -0.0221 e. The van der Waals surface area contributed by atoms with Crippen LogP contribution < -0.4 is 0 Å². The molecule has 0 aromatic carbocycles. The molecule has 5 aliphatic rings. The third-order valence-electron chi connectivity index (χ3n) is 5.37. The zero-order valence-corrected chi connectivity index (χ0v) is 6.02. The van der Waals surface area contributed by atoms with Gasteiger partial charge in [-0.1, -0.05) is 13.8 Å². The maximum absolute atomic E-state index is 2.53. The van der Waals surface area contributed by atoms with Gasteiger partial charge in [-0.3, -0.25) is 0 Å². The van der Waals surface area contributed by atoms with Crippen molar-refractivity contribution in [3.05, 3.63) is 0 Å². The molecular formula is C9H12. The Balaban J connectivity index is 2.07. The fourth-order valence-electron chi connectivity index (χ4n) is 5.26. The summed E-state index contributed by atoms with van der Waals surface area (Å²) in [5.41, 5.74) is 1.83. The highest BCUT2D eigenvalue weighted by molar-refractivity contribution is 5.46. The minimum absolute atomic E-state index is 0.916. The maximum atomic E-state index is 2.53. The molecule has 2 bridgehead atoms. The monoisotopic (exact) mass is 120 g/mol. The molecule has 0 radical (unpaired) electrons. The largest absolute Gasteiger partial charge is 0.0588 e. The van der Waals surface area contributed by atoms with Crippen molar-refractivity contribution in [1.82, 2.24) is 0 Å². The average Bonchev–Trinajstić information content (AvgIpc) is 2.38. The van der Waals surface area contributed by atoms with E-state index in [0.29, 0.717) is 0 Å². The lowest BCUT2D eigenvalue weighted by Gasteiger charge is -2.27. The number of rotatable bonds is 0. The van der Waals surface area contributed by atoms with Gasteiger partial charge < -0.3 is 0 Å². The Bertz CT molecular complexity index is 196. The first-order valence-corrected chi connectivity index (χ1v) is 4.22. The van der Waals surface area contributed by atoms with Gasteiger partial charge in [0.15, 0.2) is 0 Å². The first kappa shape index (κ1) is 4.00. The molecule has 5 rings (SSSR count). The van der Waals surface area contributed by atoms with Crippen molar-refractivity contribution in [2.24, 2.45) is 34.5 Å². The van der Waals surface area contributed by atoms with Gasteiger partial charge in [0.2, 0.25) is 0 Å². The fraction of sp³-hybridized carbons (Fsp3) is 1.00. The van der Waals surface area contributed by atoms with Gasteiger partial charge in [0.1, 0.15) is 0 Å². The Morgan fingerprint density at radius 3 is 1.56 bits per heavy atom. The number of hydrogen-bond acceptors (Lipinski definition) is 0. The lowest BCUT2D eigenvalue weighted by Crippen LogP contribution is -2.23. The summed E-state index contributed by atoms with van der Waals surface area (Å²) in [4.78, 5) is 0. The molecule has 5 saturated carbocycles. The molecule has 0 heteroatoms. The molecule has 0 nitrogen and oxygen atoms in total. The van der Waals surface area contributed by atoms with Gasteiger partial charge in [0.05, 0.1) is 0 Å². The second-order valence-electron chi connectivity index (χ2n) is 5.14. The molecule has 0 amide bonds. The zero-order chi connectivity index (χ0) is 6.02. The summed E-state index contributed by atoms with van der Waals surface area (Å²) in [5.74, 6) is 4.83. The molecule has 5 aliphatic carbocycles. The first-order valence-electron chi connectivity index (χ1n) is 4.22. The molecule has 2 unspecified atom stereocenters. The lowest BCUT2D eigenvalue weighted by molar-refractivity contribution is 0.199. The summed E-state index contributed by atoms with van der Waals surface area (Å²) in [7, 11) is 0. The van der Waals surface area contributed by atoms with Gasteiger partial charge in [-0.2, -0.15) is 0 Å². The molecule has 0 spiro atoms. The zero-order valence-electron chi connectivity index (χ0n) is 6.02. The third-order valence-corrected chi connectivity index (χ3v) is 5.37. The minimum Gasteiger partial charge on any atom is -0.0588 e. The molecule has 48 valence electrons. The van der Waals surface area contributed by atoms with E-state index in [1.165, 1.54) is 23.7 Å². The van der Waals surface area contributed by atoms with E-state index in [2.05, 4.69) is 13.8 Å². The van der Waals surface area contributed by atoms with E-state index in [4.69, 9.17) is 0 Å². The van der Waals surface area contributed by atoms with Gasteiger partial charge in [0, 0.05) is 0 Å². The van der Waals surface area contributed by atoms with Gasteiger partial charge >= 0.3 is 0 Å². The van der Waals surface area contributed by atoms with Gasteiger partial charge in [-0.25, -0.2) is 0 Å². The van der Waals surface area contributed by atoms with Crippen LogP contribution in [0.1, 0.15) is 20.3 Å². The van der Waals surface area contributed by atoms with Crippen LogP contribution in [0.2, 0.25) is 0 Å². The van der Waals surface area contributed by atoms with Crippen LogP contribution in [-0.4, -0.2) is 0 Å².